The number of aromatic nitrogens is 1. The topological polar surface area (TPSA) is 24.9 Å². The number of benzene rings is 1. The van der Waals surface area contributed by atoms with Crippen LogP contribution in [0.25, 0.3) is 0 Å². The van der Waals surface area contributed by atoms with Crippen molar-refractivity contribution in [2.75, 3.05) is 0 Å². The Morgan fingerprint density at radius 1 is 1.06 bits per heavy atom. The van der Waals surface area contributed by atoms with Gasteiger partial charge in [-0.2, -0.15) is 0 Å². The van der Waals surface area contributed by atoms with Crippen molar-refractivity contribution < 1.29 is 0 Å². The molecule has 1 N–H and O–H groups in total. The molecule has 18 heavy (non-hydrogen) atoms. The number of halogens is 1. The molecule has 0 fully saturated rings. The van der Waals surface area contributed by atoms with E-state index in [2.05, 4.69) is 36.3 Å². The predicted molar refractivity (Wildman–Crippen MR) is 75.7 cm³/mol. The maximum absolute atomic E-state index is 6.00. The summed E-state index contributed by atoms with van der Waals surface area (Å²) in [5, 5.41) is 4.31. The first-order valence-corrected chi connectivity index (χ1v) is 6.46. The summed E-state index contributed by atoms with van der Waals surface area (Å²) >= 11 is 6.00. The maximum atomic E-state index is 6.00. The van der Waals surface area contributed by atoms with Gasteiger partial charge >= 0.3 is 0 Å². The van der Waals surface area contributed by atoms with Crippen molar-refractivity contribution in [2.24, 2.45) is 0 Å². The molecule has 2 atom stereocenters. The van der Waals surface area contributed by atoms with Crippen LogP contribution in [0.1, 0.15) is 37.1 Å². The van der Waals surface area contributed by atoms with Gasteiger partial charge in [0, 0.05) is 29.5 Å². The number of nitrogens with one attached hydrogen (secondary N) is 1. The first-order chi connectivity index (χ1) is 8.66. The molecule has 1 aromatic heterocycles. The van der Waals surface area contributed by atoms with Gasteiger partial charge in [-0.1, -0.05) is 29.8 Å². The minimum absolute atomic E-state index is 0.249. The van der Waals surface area contributed by atoms with Crippen LogP contribution >= 0.6 is 11.6 Å². The average molecular weight is 261 g/mol. The highest BCUT2D eigenvalue weighted by molar-refractivity contribution is 6.30. The molecule has 2 aromatic rings. The van der Waals surface area contributed by atoms with Crippen molar-refractivity contribution in [2.45, 2.75) is 25.9 Å². The van der Waals surface area contributed by atoms with Crippen LogP contribution < -0.4 is 5.32 Å². The third-order valence-corrected chi connectivity index (χ3v) is 3.27. The van der Waals surface area contributed by atoms with Crippen molar-refractivity contribution in [1.29, 1.82) is 0 Å². The molecule has 0 radical (unpaired) electrons. The molecule has 0 bridgehead atoms. The quantitative estimate of drug-likeness (QED) is 0.893. The standard InChI is InChI=1S/C15H17ClN2/c1-11(13-5-3-7-15(16)9-13)18-12(2)14-6-4-8-17-10-14/h3-12,18H,1-2H3. The molecule has 1 aromatic carbocycles. The highest BCUT2D eigenvalue weighted by Crippen LogP contribution is 2.21. The fourth-order valence-corrected chi connectivity index (χ4v) is 2.17. The van der Waals surface area contributed by atoms with E-state index in [9.17, 15) is 0 Å². The lowest BCUT2D eigenvalue weighted by atomic mass is 10.1. The molecule has 2 nitrogen and oxygen atoms in total. The van der Waals surface area contributed by atoms with E-state index in [-0.39, 0.29) is 12.1 Å². The number of nitrogens with zero attached hydrogens (tertiary/aromatic N) is 1. The summed E-state index contributed by atoms with van der Waals surface area (Å²) < 4.78 is 0. The zero-order chi connectivity index (χ0) is 13.0. The van der Waals surface area contributed by atoms with Crippen molar-refractivity contribution in [1.82, 2.24) is 10.3 Å². The first-order valence-electron chi connectivity index (χ1n) is 6.08. The van der Waals surface area contributed by atoms with Crippen LogP contribution in [-0.2, 0) is 0 Å². The van der Waals surface area contributed by atoms with Crippen LogP contribution in [0.3, 0.4) is 0 Å². The molecule has 2 unspecified atom stereocenters. The van der Waals surface area contributed by atoms with Crippen LogP contribution in [0.2, 0.25) is 5.02 Å². The summed E-state index contributed by atoms with van der Waals surface area (Å²) in [5.74, 6) is 0. The molecule has 0 amide bonds. The van der Waals surface area contributed by atoms with E-state index < -0.39 is 0 Å². The highest BCUT2D eigenvalue weighted by atomic mass is 35.5. The van der Waals surface area contributed by atoms with Gasteiger partial charge in [-0.3, -0.25) is 4.98 Å². The van der Waals surface area contributed by atoms with E-state index in [4.69, 9.17) is 11.6 Å². The van der Waals surface area contributed by atoms with Crippen LogP contribution in [-0.4, -0.2) is 4.98 Å². The third-order valence-electron chi connectivity index (χ3n) is 3.03. The SMILES string of the molecule is CC(NC(C)c1cccc(Cl)c1)c1cccnc1. The molecule has 0 saturated heterocycles. The number of hydrogen-bond acceptors (Lipinski definition) is 2. The zero-order valence-electron chi connectivity index (χ0n) is 10.6. The minimum atomic E-state index is 0.249. The van der Waals surface area contributed by atoms with E-state index in [0.717, 1.165) is 5.02 Å². The number of rotatable bonds is 4. The lowest BCUT2D eigenvalue weighted by Gasteiger charge is -2.20. The van der Waals surface area contributed by atoms with Gasteiger partial charge in [-0.25, -0.2) is 0 Å². The smallest absolute Gasteiger partial charge is 0.0409 e. The van der Waals surface area contributed by atoms with Gasteiger partial charge in [0.15, 0.2) is 0 Å². The Morgan fingerprint density at radius 2 is 1.78 bits per heavy atom. The normalized spacial score (nSPS) is 14.2. The number of hydrogen-bond donors (Lipinski definition) is 1. The minimum Gasteiger partial charge on any atom is -0.304 e. The highest BCUT2D eigenvalue weighted by Gasteiger charge is 2.11. The van der Waals surface area contributed by atoms with E-state index >= 15 is 0 Å². The van der Waals surface area contributed by atoms with Gasteiger partial charge in [-0.05, 0) is 43.2 Å². The van der Waals surface area contributed by atoms with Gasteiger partial charge in [0.25, 0.3) is 0 Å². The monoisotopic (exact) mass is 260 g/mol. The maximum Gasteiger partial charge on any atom is 0.0409 e. The molecule has 1 heterocycles. The Morgan fingerprint density at radius 3 is 2.44 bits per heavy atom. The lowest BCUT2D eigenvalue weighted by molar-refractivity contribution is 0.494. The zero-order valence-corrected chi connectivity index (χ0v) is 11.4. The molecule has 94 valence electrons. The van der Waals surface area contributed by atoms with Crippen LogP contribution in [0.5, 0.6) is 0 Å². The average Bonchev–Trinajstić information content (AvgIpc) is 2.39. The molecular weight excluding hydrogens is 244 g/mol. The van der Waals surface area contributed by atoms with Crippen LogP contribution in [0, 0.1) is 0 Å². The summed E-state index contributed by atoms with van der Waals surface area (Å²) in [7, 11) is 0. The van der Waals surface area contributed by atoms with E-state index in [0.29, 0.717) is 0 Å². The molecule has 0 aliphatic carbocycles. The van der Waals surface area contributed by atoms with E-state index in [1.807, 2.05) is 30.5 Å². The van der Waals surface area contributed by atoms with Crippen molar-refractivity contribution >= 4 is 11.6 Å². The van der Waals surface area contributed by atoms with Gasteiger partial charge in [-0.15, -0.1) is 0 Å². The molecule has 0 saturated carbocycles. The van der Waals surface area contributed by atoms with E-state index in [1.165, 1.54) is 11.1 Å². The predicted octanol–water partition coefficient (Wildman–Crippen LogP) is 4.15. The van der Waals surface area contributed by atoms with Crippen LogP contribution in [0.15, 0.2) is 48.8 Å². The Kier molecular flexibility index (Phi) is 4.34. The Bertz CT molecular complexity index is 499. The molecule has 3 heteroatoms. The summed E-state index contributed by atoms with van der Waals surface area (Å²) in [6, 6.07) is 12.5. The second-order valence-corrected chi connectivity index (χ2v) is 4.89. The fourth-order valence-electron chi connectivity index (χ4n) is 1.98. The lowest BCUT2D eigenvalue weighted by Crippen LogP contribution is -2.22. The summed E-state index contributed by atoms with van der Waals surface area (Å²) in [4.78, 5) is 4.14. The van der Waals surface area contributed by atoms with Crippen LogP contribution in [0.4, 0.5) is 0 Å². The molecule has 0 spiro atoms. The second-order valence-electron chi connectivity index (χ2n) is 4.45. The van der Waals surface area contributed by atoms with E-state index in [1.54, 1.807) is 6.20 Å². The fraction of sp³-hybridized carbons (Fsp3) is 0.267. The number of pyridine rings is 1. The summed E-state index contributed by atoms with van der Waals surface area (Å²) in [6.07, 6.45) is 3.68. The van der Waals surface area contributed by atoms with Gasteiger partial charge in [0.2, 0.25) is 0 Å². The van der Waals surface area contributed by atoms with Crippen molar-refractivity contribution in [3.8, 4) is 0 Å². The molecule has 0 aliphatic rings. The third kappa shape index (κ3) is 3.31. The summed E-state index contributed by atoms with van der Waals surface area (Å²) in [6.45, 7) is 4.27. The Balaban J connectivity index is 2.05. The Labute approximate surface area is 113 Å². The largest absolute Gasteiger partial charge is 0.304 e. The van der Waals surface area contributed by atoms with Gasteiger partial charge in [0.05, 0.1) is 0 Å². The molecule has 0 aliphatic heterocycles. The second kappa shape index (κ2) is 5.98. The molecular formula is C15H17ClN2. The Hall–Kier alpha value is -1.38. The molecule has 2 rings (SSSR count). The van der Waals surface area contributed by atoms with Gasteiger partial charge in [0.1, 0.15) is 0 Å². The van der Waals surface area contributed by atoms with Crippen molar-refractivity contribution in [3.63, 3.8) is 0 Å². The summed E-state index contributed by atoms with van der Waals surface area (Å²) in [5.41, 5.74) is 2.38. The van der Waals surface area contributed by atoms with Gasteiger partial charge < -0.3 is 5.32 Å². The first kappa shape index (κ1) is 13.1. The van der Waals surface area contributed by atoms with Crippen molar-refractivity contribution in [3.05, 3.63) is 64.9 Å².